The molecular weight excluding hydrogens is 238 g/mol. The van der Waals surface area contributed by atoms with Gasteiger partial charge in [0.25, 0.3) is 0 Å². The Labute approximate surface area is 105 Å². The number of rotatable bonds is 8. The molecular formula is C11H17N3O4. The van der Waals surface area contributed by atoms with Gasteiger partial charge in [0, 0.05) is 24.9 Å². The average Bonchev–Trinajstić information content (AvgIpc) is 2.81. The van der Waals surface area contributed by atoms with E-state index in [0.29, 0.717) is 12.3 Å². The summed E-state index contributed by atoms with van der Waals surface area (Å²) in [4.78, 5) is 29.0. The zero-order valence-electron chi connectivity index (χ0n) is 10.2. The molecule has 1 aromatic rings. The van der Waals surface area contributed by atoms with Gasteiger partial charge in [-0.2, -0.15) is 0 Å². The van der Waals surface area contributed by atoms with Crippen molar-refractivity contribution in [2.75, 3.05) is 13.2 Å². The first-order valence-electron chi connectivity index (χ1n) is 5.70. The highest BCUT2D eigenvalue weighted by Gasteiger charge is 2.20. The molecule has 0 radical (unpaired) electrons. The number of imidazole rings is 1. The van der Waals surface area contributed by atoms with Crippen LogP contribution >= 0.6 is 0 Å². The molecule has 0 aliphatic rings. The number of amides is 1. The molecule has 1 aromatic heterocycles. The van der Waals surface area contributed by atoms with Crippen LogP contribution < -0.4 is 5.32 Å². The number of carbonyl (C=O) groups excluding carboxylic acids is 1. The first-order chi connectivity index (χ1) is 8.63. The third kappa shape index (κ3) is 4.96. The number of aromatic nitrogens is 2. The van der Waals surface area contributed by atoms with E-state index in [1.807, 2.05) is 6.92 Å². The minimum absolute atomic E-state index is 0.124. The normalized spacial score (nSPS) is 12.1. The molecule has 0 saturated carbocycles. The van der Waals surface area contributed by atoms with Crippen molar-refractivity contribution < 1.29 is 19.4 Å². The maximum atomic E-state index is 11.4. The van der Waals surface area contributed by atoms with Gasteiger partial charge in [-0.15, -0.1) is 0 Å². The van der Waals surface area contributed by atoms with Crippen molar-refractivity contribution in [3.8, 4) is 0 Å². The number of aliphatic carboxylic acids is 1. The van der Waals surface area contributed by atoms with E-state index in [1.165, 1.54) is 12.5 Å². The van der Waals surface area contributed by atoms with Gasteiger partial charge < -0.3 is 20.1 Å². The first kappa shape index (κ1) is 14.2. The SMILES string of the molecule is CCCOCC(=O)NC(Cc1cnc[nH]1)C(=O)O. The van der Waals surface area contributed by atoms with Crippen LogP contribution in [0, 0.1) is 0 Å². The minimum atomic E-state index is -1.09. The Balaban J connectivity index is 2.42. The van der Waals surface area contributed by atoms with Gasteiger partial charge in [0.1, 0.15) is 12.6 Å². The number of H-pyrrole nitrogens is 1. The topological polar surface area (TPSA) is 104 Å². The lowest BCUT2D eigenvalue weighted by atomic mass is 10.1. The van der Waals surface area contributed by atoms with Crippen molar-refractivity contribution >= 4 is 11.9 Å². The number of aromatic amines is 1. The van der Waals surface area contributed by atoms with Crippen molar-refractivity contribution in [3.05, 3.63) is 18.2 Å². The number of ether oxygens (including phenoxy) is 1. The van der Waals surface area contributed by atoms with Gasteiger partial charge in [0.05, 0.1) is 6.33 Å². The molecule has 1 amide bonds. The van der Waals surface area contributed by atoms with Crippen LogP contribution in [0.1, 0.15) is 19.0 Å². The molecule has 0 aromatic carbocycles. The summed E-state index contributed by atoms with van der Waals surface area (Å²) >= 11 is 0. The summed E-state index contributed by atoms with van der Waals surface area (Å²) in [7, 11) is 0. The van der Waals surface area contributed by atoms with Crippen LogP contribution in [-0.4, -0.2) is 46.2 Å². The Bertz CT molecular complexity index is 378. The fraction of sp³-hybridized carbons (Fsp3) is 0.545. The molecule has 0 spiro atoms. The van der Waals surface area contributed by atoms with Crippen molar-refractivity contribution in [2.45, 2.75) is 25.8 Å². The van der Waals surface area contributed by atoms with Gasteiger partial charge in [0.2, 0.25) is 5.91 Å². The summed E-state index contributed by atoms with van der Waals surface area (Å²) in [6.07, 6.45) is 3.95. The van der Waals surface area contributed by atoms with E-state index in [9.17, 15) is 9.59 Å². The van der Waals surface area contributed by atoms with Crippen LogP contribution in [0.3, 0.4) is 0 Å². The molecule has 1 unspecified atom stereocenters. The maximum Gasteiger partial charge on any atom is 0.326 e. The van der Waals surface area contributed by atoms with Crippen LogP contribution in [-0.2, 0) is 20.7 Å². The predicted octanol–water partition coefficient (Wildman–Crippen LogP) is -0.0518. The zero-order chi connectivity index (χ0) is 13.4. The van der Waals surface area contributed by atoms with Crippen LogP contribution in [0.25, 0.3) is 0 Å². The molecule has 1 atom stereocenters. The van der Waals surface area contributed by atoms with Crippen LogP contribution in [0.5, 0.6) is 0 Å². The average molecular weight is 255 g/mol. The second kappa shape index (κ2) is 7.44. The molecule has 3 N–H and O–H groups in total. The van der Waals surface area contributed by atoms with Crippen molar-refractivity contribution in [1.82, 2.24) is 15.3 Å². The Kier molecular flexibility index (Phi) is 5.86. The quantitative estimate of drug-likeness (QED) is 0.565. The lowest BCUT2D eigenvalue weighted by molar-refractivity contribution is -0.142. The molecule has 1 heterocycles. The molecule has 7 nitrogen and oxygen atoms in total. The molecule has 1 rings (SSSR count). The van der Waals surface area contributed by atoms with E-state index >= 15 is 0 Å². The minimum Gasteiger partial charge on any atom is -0.480 e. The van der Waals surface area contributed by atoms with Crippen molar-refractivity contribution in [3.63, 3.8) is 0 Å². The highest BCUT2D eigenvalue weighted by atomic mass is 16.5. The number of hydrogen-bond donors (Lipinski definition) is 3. The van der Waals surface area contributed by atoms with Crippen molar-refractivity contribution in [2.24, 2.45) is 0 Å². The smallest absolute Gasteiger partial charge is 0.326 e. The van der Waals surface area contributed by atoms with Gasteiger partial charge >= 0.3 is 5.97 Å². The number of carboxylic acids is 1. The van der Waals surface area contributed by atoms with E-state index in [-0.39, 0.29) is 13.0 Å². The fourth-order valence-corrected chi connectivity index (χ4v) is 1.36. The van der Waals surface area contributed by atoms with E-state index in [2.05, 4.69) is 15.3 Å². The monoisotopic (exact) mass is 255 g/mol. The molecule has 18 heavy (non-hydrogen) atoms. The highest BCUT2D eigenvalue weighted by Crippen LogP contribution is 1.99. The fourth-order valence-electron chi connectivity index (χ4n) is 1.36. The van der Waals surface area contributed by atoms with E-state index in [4.69, 9.17) is 9.84 Å². The van der Waals surface area contributed by atoms with E-state index < -0.39 is 17.9 Å². The van der Waals surface area contributed by atoms with Gasteiger partial charge in [-0.25, -0.2) is 9.78 Å². The Hall–Kier alpha value is -1.89. The maximum absolute atomic E-state index is 11.4. The highest BCUT2D eigenvalue weighted by molar-refractivity contribution is 5.84. The Morgan fingerprint density at radius 2 is 2.39 bits per heavy atom. The molecule has 0 bridgehead atoms. The second-order valence-electron chi connectivity index (χ2n) is 3.79. The third-order valence-corrected chi connectivity index (χ3v) is 2.19. The number of nitrogens with zero attached hydrogens (tertiary/aromatic N) is 1. The summed E-state index contributed by atoms with van der Waals surface area (Å²) in [6, 6.07) is -0.983. The molecule has 7 heteroatoms. The largest absolute Gasteiger partial charge is 0.480 e. The number of carbonyl (C=O) groups is 2. The predicted molar refractivity (Wildman–Crippen MR) is 63.0 cm³/mol. The van der Waals surface area contributed by atoms with Crippen LogP contribution in [0.2, 0.25) is 0 Å². The van der Waals surface area contributed by atoms with Gasteiger partial charge in [-0.3, -0.25) is 4.79 Å². The van der Waals surface area contributed by atoms with E-state index in [0.717, 1.165) is 6.42 Å². The van der Waals surface area contributed by atoms with Crippen LogP contribution in [0.15, 0.2) is 12.5 Å². The zero-order valence-corrected chi connectivity index (χ0v) is 10.2. The molecule has 0 aliphatic carbocycles. The molecule has 0 aliphatic heterocycles. The Morgan fingerprint density at radius 3 is 2.94 bits per heavy atom. The summed E-state index contributed by atoms with van der Waals surface area (Å²) in [5.41, 5.74) is 0.650. The molecule has 100 valence electrons. The second-order valence-corrected chi connectivity index (χ2v) is 3.79. The van der Waals surface area contributed by atoms with E-state index in [1.54, 1.807) is 0 Å². The van der Waals surface area contributed by atoms with Gasteiger partial charge in [-0.1, -0.05) is 6.92 Å². The van der Waals surface area contributed by atoms with Gasteiger partial charge in [-0.05, 0) is 6.42 Å². The lowest BCUT2D eigenvalue weighted by Crippen LogP contribution is -2.44. The summed E-state index contributed by atoms with van der Waals surface area (Å²) in [5.74, 6) is -1.52. The number of nitrogens with one attached hydrogen (secondary N) is 2. The van der Waals surface area contributed by atoms with Crippen molar-refractivity contribution in [1.29, 1.82) is 0 Å². The number of hydrogen-bond acceptors (Lipinski definition) is 4. The Morgan fingerprint density at radius 1 is 1.61 bits per heavy atom. The van der Waals surface area contributed by atoms with Gasteiger partial charge in [0.15, 0.2) is 0 Å². The summed E-state index contributed by atoms with van der Waals surface area (Å²) in [5, 5.41) is 11.4. The molecule has 0 saturated heterocycles. The lowest BCUT2D eigenvalue weighted by Gasteiger charge is -2.13. The van der Waals surface area contributed by atoms with Crippen LogP contribution in [0.4, 0.5) is 0 Å². The summed E-state index contributed by atoms with van der Waals surface area (Å²) in [6.45, 7) is 2.28. The standard InChI is InChI=1S/C11H17N3O4/c1-2-3-18-6-10(15)14-9(11(16)17)4-8-5-12-7-13-8/h5,7,9H,2-4,6H2,1H3,(H,12,13)(H,14,15)(H,16,17). The first-order valence-corrected chi connectivity index (χ1v) is 5.70. The third-order valence-electron chi connectivity index (χ3n) is 2.19. The molecule has 0 fully saturated rings. The number of carboxylic acid groups (broad SMARTS) is 1. The summed E-state index contributed by atoms with van der Waals surface area (Å²) < 4.78 is 5.04.